The highest BCUT2D eigenvalue weighted by Crippen LogP contribution is 2.17. The zero-order chi connectivity index (χ0) is 13.3. The lowest BCUT2D eigenvalue weighted by Crippen LogP contribution is -2.23. The molecule has 0 aromatic carbocycles. The number of aryl methyl sites for hydroxylation is 1. The standard InChI is InChI=1S/C11H13N3O2S2/c1-6-4-18-11-13-8(3-9(15)14(6)11)5-17-7(2)10(12)16/h3-4,7H,5H2,1-2H3,(H2,12,16). The fourth-order valence-electron chi connectivity index (χ4n) is 1.47. The highest BCUT2D eigenvalue weighted by Gasteiger charge is 2.11. The van der Waals surface area contributed by atoms with Gasteiger partial charge in [0.2, 0.25) is 5.91 Å². The van der Waals surface area contributed by atoms with Crippen molar-refractivity contribution in [2.75, 3.05) is 0 Å². The predicted molar refractivity (Wildman–Crippen MR) is 74.0 cm³/mol. The summed E-state index contributed by atoms with van der Waals surface area (Å²) < 4.78 is 1.58. The molecule has 1 unspecified atom stereocenters. The first-order valence-electron chi connectivity index (χ1n) is 5.36. The summed E-state index contributed by atoms with van der Waals surface area (Å²) in [6.07, 6.45) is 0. The van der Waals surface area contributed by atoms with E-state index in [1.807, 2.05) is 12.3 Å². The molecule has 0 fully saturated rings. The molecule has 0 bridgehead atoms. The number of amides is 1. The maximum Gasteiger partial charge on any atom is 0.258 e. The smallest absolute Gasteiger partial charge is 0.258 e. The summed E-state index contributed by atoms with van der Waals surface area (Å²) >= 11 is 2.81. The van der Waals surface area contributed by atoms with Gasteiger partial charge in [-0.05, 0) is 13.8 Å². The minimum atomic E-state index is -0.357. The van der Waals surface area contributed by atoms with Crippen LogP contribution in [0.15, 0.2) is 16.2 Å². The summed E-state index contributed by atoms with van der Waals surface area (Å²) in [7, 11) is 0. The Balaban J connectivity index is 2.25. The van der Waals surface area contributed by atoms with Crippen LogP contribution in [0.3, 0.4) is 0 Å². The molecule has 2 aromatic rings. The molecule has 1 amide bonds. The quantitative estimate of drug-likeness (QED) is 0.913. The van der Waals surface area contributed by atoms with Crippen molar-refractivity contribution in [1.82, 2.24) is 9.38 Å². The summed E-state index contributed by atoms with van der Waals surface area (Å²) in [6.45, 7) is 3.61. The predicted octanol–water partition coefficient (Wildman–Crippen LogP) is 1.17. The van der Waals surface area contributed by atoms with E-state index in [1.165, 1.54) is 29.2 Å². The fourth-order valence-corrected chi connectivity index (χ4v) is 3.09. The number of thiazole rings is 1. The van der Waals surface area contributed by atoms with Crippen LogP contribution < -0.4 is 11.3 Å². The average Bonchev–Trinajstić information content (AvgIpc) is 2.68. The molecule has 2 heterocycles. The Morgan fingerprint density at radius 2 is 2.39 bits per heavy atom. The van der Waals surface area contributed by atoms with Gasteiger partial charge in [-0.15, -0.1) is 23.1 Å². The van der Waals surface area contributed by atoms with Gasteiger partial charge < -0.3 is 5.73 Å². The number of aromatic nitrogens is 2. The van der Waals surface area contributed by atoms with Gasteiger partial charge in [0.25, 0.3) is 5.56 Å². The number of carbonyl (C=O) groups is 1. The molecule has 0 aliphatic heterocycles. The van der Waals surface area contributed by atoms with Crippen LogP contribution in [0.1, 0.15) is 18.3 Å². The minimum Gasteiger partial charge on any atom is -0.369 e. The Morgan fingerprint density at radius 1 is 1.67 bits per heavy atom. The summed E-state index contributed by atoms with van der Waals surface area (Å²) in [6, 6.07) is 1.51. The van der Waals surface area contributed by atoms with Gasteiger partial charge in [0, 0.05) is 22.9 Å². The number of hydrogen-bond donors (Lipinski definition) is 1. The number of thioether (sulfide) groups is 1. The van der Waals surface area contributed by atoms with Crippen molar-refractivity contribution in [3.8, 4) is 0 Å². The first-order valence-corrected chi connectivity index (χ1v) is 7.29. The van der Waals surface area contributed by atoms with E-state index in [0.717, 1.165) is 5.69 Å². The van der Waals surface area contributed by atoms with Crippen LogP contribution in [0.4, 0.5) is 0 Å². The van der Waals surface area contributed by atoms with Gasteiger partial charge in [-0.1, -0.05) is 0 Å². The second-order valence-electron chi connectivity index (χ2n) is 3.94. The lowest BCUT2D eigenvalue weighted by Gasteiger charge is -2.06. The molecule has 2 N–H and O–H groups in total. The summed E-state index contributed by atoms with van der Waals surface area (Å²) in [5.74, 6) is 0.150. The zero-order valence-electron chi connectivity index (χ0n) is 10.0. The zero-order valence-corrected chi connectivity index (χ0v) is 11.7. The summed E-state index contributed by atoms with van der Waals surface area (Å²) in [5.41, 5.74) is 6.66. The number of hydrogen-bond acceptors (Lipinski definition) is 5. The van der Waals surface area contributed by atoms with E-state index in [4.69, 9.17) is 5.73 Å². The number of nitrogens with zero attached hydrogens (tertiary/aromatic N) is 2. The van der Waals surface area contributed by atoms with Crippen LogP contribution in [0, 0.1) is 6.92 Å². The Hall–Kier alpha value is -1.34. The minimum absolute atomic E-state index is 0.0823. The van der Waals surface area contributed by atoms with E-state index >= 15 is 0 Å². The van der Waals surface area contributed by atoms with Gasteiger partial charge in [0.05, 0.1) is 10.9 Å². The first kappa shape index (κ1) is 13.1. The van der Waals surface area contributed by atoms with Crippen LogP contribution in [0.25, 0.3) is 4.96 Å². The maximum absolute atomic E-state index is 11.9. The lowest BCUT2D eigenvalue weighted by atomic mass is 10.4. The van der Waals surface area contributed by atoms with E-state index in [0.29, 0.717) is 16.4 Å². The highest BCUT2D eigenvalue weighted by atomic mass is 32.2. The molecule has 0 saturated heterocycles. The fraction of sp³-hybridized carbons (Fsp3) is 0.364. The molecule has 0 aliphatic rings. The Morgan fingerprint density at radius 3 is 3.06 bits per heavy atom. The molecule has 1 atom stereocenters. The molecule has 2 aromatic heterocycles. The third kappa shape index (κ3) is 2.56. The van der Waals surface area contributed by atoms with Gasteiger partial charge in [-0.25, -0.2) is 4.98 Å². The molecular formula is C11H13N3O2S2. The third-order valence-corrected chi connectivity index (χ3v) is 4.65. The molecule has 18 heavy (non-hydrogen) atoms. The summed E-state index contributed by atoms with van der Waals surface area (Å²) in [5, 5.41) is 1.61. The van der Waals surface area contributed by atoms with Gasteiger partial charge in [-0.3, -0.25) is 14.0 Å². The number of fused-ring (bicyclic) bond motifs is 1. The van der Waals surface area contributed by atoms with Crippen LogP contribution in [0.2, 0.25) is 0 Å². The topological polar surface area (TPSA) is 77.5 Å². The molecule has 96 valence electrons. The van der Waals surface area contributed by atoms with Gasteiger partial charge >= 0.3 is 0 Å². The van der Waals surface area contributed by atoms with Gasteiger partial charge in [0.1, 0.15) is 0 Å². The van der Waals surface area contributed by atoms with E-state index < -0.39 is 0 Å². The van der Waals surface area contributed by atoms with Crippen LogP contribution in [-0.2, 0) is 10.5 Å². The summed E-state index contributed by atoms with van der Waals surface area (Å²) in [4.78, 5) is 27.9. The van der Waals surface area contributed by atoms with E-state index in [2.05, 4.69) is 4.98 Å². The molecule has 5 nitrogen and oxygen atoms in total. The third-order valence-electron chi connectivity index (χ3n) is 2.51. The van der Waals surface area contributed by atoms with E-state index in [-0.39, 0.29) is 16.7 Å². The number of rotatable bonds is 4. The van der Waals surface area contributed by atoms with Crippen LogP contribution >= 0.6 is 23.1 Å². The molecule has 0 radical (unpaired) electrons. The van der Waals surface area contributed by atoms with Crippen LogP contribution in [-0.4, -0.2) is 20.5 Å². The molecule has 0 aliphatic carbocycles. The van der Waals surface area contributed by atoms with E-state index in [9.17, 15) is 9.59 Å². The largest absolute Gasteiger partial charge is 0.369 e. The molecule has 0 saturated carbocycles. The SMILES string of the molecule is Cc1csc2nc(CSC(C)C(N)=O)cc(=O)n12. The molecule has 7 heteroatoms. The second kappa shape index (κ2) is 5.11. The van der Waals surface area contributed by atoms with Crippen molar-refractivity contribution in [2.45, 2.75) is 24.9 Å². The molecular weight excluding hydrogens is 270 g/mol. The Bertz CT molecular complexity index is 647. The second-order valence-corrected chi connectivity index (χ2v) is 6.10. The first-order chi connectivity index (χ1) is 8.49. The van der Waals surface area contributed by atoms with E-state index in [1.54, 1.807) is 11.3 Å². The Labute approximate surface area is 112 Å². The van der Waals surface area contributed by atoms with Crippen molar-refractivity contribution in [2.24, 2.45) is 5.73 Å². The number of carbonyl (C=O) groups excluding carboxylic acids is 1. The average molecular weight is 283 g/mol. The molecule has 0 spiro atoms. The van der Waals surface area contributed by atoms with Crippen molar-refractivity contribution in [1.29, 1.82) is 0 Å². The Kier molecular flexibility index (Phi) is 3.72. The lowest BCUT2D eigenvalue weighted by molar-refractivity contribution is -0.117. The number of primary amides is 1. The normalized spacial score (nSPS) is 12.8. The van der Waals surface area contributed by atoms with Crippen molar-refractivity contribution >= 4 is 34.0 Å². The monoisotopic (exact) mass is 283 g/mol. The molecule has 2 rings (SSSR count). The maximum atomic E-state index is 11.9. The van der Waals surface area contributed by atoms with Crippen molar-refractivity contribution in [3.63, 3.8) is 0 Å². The van der Waals surface area contributed by atoms with Gasteiger partial charge in [-0.2, -0.15) is 0 Å². The van der Waals surface area contributed by atoms with Crippen LogP contribution in [0.5, 0.6) is 0 Å². The highest BCUT2D eigenvalue weighted by molar-refractivity contribution is 7.99. The van der Waals surface area contributed by atoms with Gasteiger partial charge in [0.15, 0.2) is 4.96 Å². The van der Waals surface area contributed by atoms with Crippen molar-refractivity contribution < 1.29 is 4.79 Å². The van der Waals surface area contributed by atoms with Crippen molar-refractivity contribution in [3.05, 3.63) is 33.2 Å². The number of nitrogens with two attached hydrogens (primary N) is 1.